The molecule has 0 saturated carbocycles. The minimum atomic E-state index is -1.11. The van der Waals surface area contributed by atoms with E-state index in [2.05, 4.69) is 0 Å². The van der Waals surface area contributed by atoms with Crippen molar-refractivity contribution in [3.63, 3.8) is 0 Å². The van der Waals surface area contributed by atoms with Crippen LogP contribution in [0.25, 0.3) is 0 Å². The Kier molecular flexibility index (Phi) is 4.34. The van der Waals surface area contributed by atoms with E-state index in [4.69, 9.17) is 5.11 Å². The fraction of sp³-hybridized carbons (Fsp3) is 0.125. The SMILES string of the molecule is Cl.O=C(O)Cc1cc(F)cc(F)c1. The van der Waals surface area contributed by atoms with Crippen LogP contribution in [0.1, 0.15) is 5.56 Å². The average Bonchev–Trinajstić information content (AvgIpc) is 1.81. The molecule has 0 spiro atoms. The van der Waals surface area contributed by atoms with Crippen LogP contribution in [0.2, 0.25) is 0 Å². The molecule has 1 N–H and O–H groups in total. The molecule has 1 rings (SSSR count). The van der Waals surface area contributed by atoms with E-state index >= 15 is 0 Å². The predicted molar refractivity (Wildman–Crippen MR) is 44.9 cm³/mol. The summed E-state index contributed by atoms with van der Waals surface area (Å²) in [5, 5.41) is 8.30. The first-order valence-corrected chi connectivity index (χ1v) is 3.24. The number of aliphatic carboxylic acids is 1. The van der Waals surface area contributed by atoms with E-state index in [1.54, 1.807) is 0 Å². The Morgan fingerprint density at radius 3 is 2.08 bits per heavy atom. The van der Waals surface area contributed by atoms with E-state index < -0.39 is 17.6 Å². The molecule has 0 bridgehead atoms. The molecule has 0 amide bonds. The summed E-state index contributed by atoms with van der Waals surface area (Å²) in [6, 6.07) is 2.69. The summed E-state index contributed by atoms with van der Waals surface area (Å²) in [6.45, 7) is 0. The summed E-state index contributed by atoms with van der Waals surface area (Å²) in [6.07, 6.45) is -0.366. The molecule has 0 aliphatic carbocycles. The molecular formula is C8H7ClF2O2. The van der Waals surface area contributed by atoms with Gasteiger partial charge in [-0.2, -0.15) is 0 Å². The first-order chi connectivity index (χ1) is 5.58. The van der Waals surface area contributed by atoms with Gasteiger partial charge in [0.25, 0.3) is 0 Å². The highest BCUT2D eigenvalue weighted by Gasteiger charge is 2.03. The fourth-order valence-electron chi connectivity index (χ4n) is 0.888. The van der Waals surface area contributed by atoms with E-state index in [1.807, 2.05) is 0 Å². The molecule has 1 aromatic carbocycles. The van der Waals surface area contributed by atoms with E-state index in [-0.39, 0.29) is 24.4 Å². The molecule has 0 heterocycles. The van der Waals surface area contributed by atoms with Crippen LogP contribution in [0.3, 0.4) is 0 Å². The molecule has 0 aliphatic heterocycles. The van der Waals surface area contributed by atoms with Gasteiger partial charge in [-0.05, 0) is 17.7 Å². The summed E-state index contributed by atoms with van der Waals surface area (Å²) in [5.41, 5.74) is 0.125. The lowest BCUT2D eigenvalue weighted by Gasteiger charge is -1.96. The first kappa shape index (κ1) is 11.8. The highest BCUT2D eigenvalue weighted by Crippen LogP contribution is 2.08. The Bertz CT molecular complexity index is 295. The Hall–Kier alpha value is -1.16. The number of hydrogen-bond donors (Lipinski definition) is 1. The summed E-state index contributed by atoms with van der Waals surface area (Å²) >= 11 is 0. The smallest absolute Gasteiger partial charge is 0.307 e. The Balaban J connectivity index is 0.00000144. The van der Waals surface area contributed by atoms with Gasteiger partial charge in [0.2, 0.25) is 0 Å². The average molecular weight is 209 g/mol. The van der Waals surface area contributed by atoms with E-state index in [1.165, 1.54) is 0 Å². The number of carbonyl (C=O) groups is 1. The third-order valence-electron chi connectivity index (χ3n) is 1.28. The van der Waals surface area contributed by atoms with Gasteiger partial charge in [0, 0.05) is 6.07 Å². The van der Waals surface area contributed by atoms with Crippen molar-refractivity contribution in [2.24, 2.45) is 0 Å². The molecule has 0 saturated heterocycles. The second-order valence-electron chi connectivity index (χ2n) is 2.35. The topological polar surface area (TPSA) is 37.3 Å². The maximum absolute atomic E-state index is 12.4. The van der Waals surface area contributed by atoms with E-state index in [9.17, 15) is 13.6 Å². The minimum absolute atomic E-state index is 0. The number of carboxylic acid groups (broad SMARTS) is 1. The van der Waals surface area contributed by atoms with Crippen LogP contribution < -0.4 is 0 Å². The van der Waals surface area contributed by atoms with Crippen molar-refractivity contribution in [3.8, 4) is 0 Å². The van der Waals surface area contributed by atoms with Gasteiger partial charge in [-0.3, -0.25) is 4.79 Å². The zero-order valence-electron chi connectivity index (χ0n) is 6.46. The van der Waals surface area contributed by atoms with Crippen LogP contribution in [-0.2, 0) is 11.2 Å². The van der Waals surface area contributed by atoms with Crippen molar-refractivity contribution in [3.05, 3.63) is 35.4 Å². The van der Waals surface area contributed by atoms with Crippen molar-refractivity contribution in [2.45, 2.75) is 6.42 Å². The van der Waals surface area contributed by atoms with Gasteiger partial charge in [0.15, 0.2) is 0 Å². The van der Waals surface area contributed by atoms with Crippen molar-refractivity contribution in [1.82, 2.24) is 0 Å². The zero-order chi connectivity index (χ0) is 9.14. The molecule has 5 heteroatoms. The van der Waals surface area contributed by atoms with Crippen LogP contribution in [0.5, 0.6) is 0 Å². The van der Waals surface area contributed by atoms with Crippen LogP contribution in [0.4, 0.5) is 8.78 Å². The number of halogens is 3. The number of rotatable bonds is 2. The van der Waals surface area contributed by atoms with Gasteiger partial charge in [0.1, 0.15) is 11.6 Å². The summed E-state index contributed by atoms with van der Waals surface area (Å²) in [4.78, 5) is 10.1. The quantitative estimate of drug-likeness (QED) is 0.807. The van der Waals surface area contributed by atoms with Crippen molar-refractivity contribution < 1.29 is 18.7 Å². The zero-order valence-corrected chi connectivity index (χ0v) is 7.28. The third-order valence-corrected chi connectivity index (χ3v) is 1.28. The lowest BCUT2D eigenvalue weighted by atomic mass is 10.1. The van der Waals surface area contributed by atoms with Gasteiger partial charge in [-0.25, -0.2) is 8.78 Å². The summed E-state index contributed by atoms with van der Waals surface area (Å²) in [7, 11) is 0. The molecule has 1 aromatic rings. The highest BCUT2D eigenvalue weighted by atomic mass is 35.5. The monoisotopic (exact) mass is 208 g/mol. The van der Waals surface area contributed by atoms with E-state index in [0.29, 0.717) is 6.07 Å². The van der Waals surface area contributed by atoms with Crippen LogP contribution >= 0.6 is 12.4 Å². The van der Waals surface area contributed by atoms with Crippen LogP contribution in [0, 0.1) is 11.6 Å². The summed E-state index contributed by atoms with van der Waals surface area (Å²) < 4.78 is 24.9. The Morgan fingerprint density at radius 2 is 1.69 bits per heavy atom. The van der Waals surface area contributed by atoms with Gasteiger partial charge < -0.3 is 5.11 Å². The van der Waals surface area contributed by atoms with Crippen LogP contribution in [-0.4, -0.2) is 11.1 Å². The molecule has 2 nitrogen and oxygen atoms in total. The largest absolute Gasteiger partial charge is 0.481 e. The van der Waals surface area contributed by atoms with Gasteiger partial charge in [-0.15, -0.1) is 12.4 Å². The van der Waals surface area contributed by atoms with Crippen molar-refractivity contribution >= 4 is 18.4 Å². The molecule has 13 heavy (non-hydrogen) atoms. The minimum Gasteiger partial charge on any atom is -0.481 e. The highest BCUT2D eigenvalue weighted by molar-refractivity contribution is 5.85. The second-order valence-corrected chi connectivity index (χ2v) is 2.35. The van der Waals surface area contributed by atoms with Gasteiger partial charge in [-0.1, -0.05) is 0 Å². The summed E-state index contributed by atoms with van der Waals surface area (Å²) in [5.74, 6) is -2.63. The molecule has 0 fully saturated rings. The maximum Gasteiger partial charge on any atom is 0.307 e. The number of hydrogen-bond acceptors (Lipinski definition) is 1. The molecule has 72 valence electrons. The van der Waals surface area contributed by atoms with Crippen LogP contribution in [0.15, 0.2) is 18.2 Å². The van der Waals surface area contributed by atoms with Gasteiger partial charge >= 0.3 is 5.97 Å². The number of carboxylic acids is 1. The van der Waals surface area contributed by atoms with E-state index in [0.717, 1.165) is 12.1 Å². The van der Waals surface area contributed by atoms with Crippen molar-refractivity contribution in [2.75, 3.05) is 0 Å². The van der Waals surface area contributed by atoms with Crippen molar-refractivity contribution in [1.29, 1.82) is 0 Å². The number of benzene rings is 1. The lowest BCUT2D eigenvalue weighted by Crippen LogP contribution is -2.00. The van der Waals surface area contributed by atoms with Gasteiger partial charge in [0.05, 0.1) is 6.42 Å². The third kappa shape index (κ3) is 3.85. The fourth-order valence-corrected chi connectivity index (χ4v) is 0.888. The molecule has 0 unspecified atom stereocenters. The molecule has 0 aromatic heterocycles. The second kappa shape index (κ2) is 4.77. The molecule has 0 radical (unpaired) electrons. The maximum atomic E-state index is 12.4. The Labute approximate surface area is 79.6 Å². The standard InChI is InChI=1S/C8H6F2O2.ClH/c9-6-1-5(3-8(11)12)2-7(10)4-6;/h1-2,4H,3H2,(H,11,12);1H. The first-order valence-electron chi connectivity index (χ1n) is 3.24. The predicted octanol–water partition coefficient (Wildman–Crippen LogP) is 2.01. The normalized spacial score (nSPS) is 9.08. The Morgan fingerprint density at radius 1 is 1.23 bits per heavy atom. The molecule has 0 atom stereocenters. The molecular weight excluding hydrogens is 202 g/mol. The molecule has 0 aliphatic rings. The lowest BCUT2D eigenvalue weighted by molar-refractivity contribution is -0.136.